The van der Waals surface area contributed by atoms with E-state index in [1.54, 1.807) is 13.2 Å². The first-order valence-electron chi connectivity index (χ1n) is 4.84. The Hall–Kier alpha value is -1.60. The summed E-state index contributed by atoms with van der Waals surface area (Å²) in [6, 6.07) is 3.48. The fourth-order valence-corrected chi connectivity index (χ4v) is 1.21. The summed E-state index contributed by atoms with van der Waals surface area (Å²) in [4.78, 5) is 0. The summed E-state index contributed by atoms with van der Waals surface area (Å²) in [7, 11) is 1.55. The molecule has 0 aliphatic heterocycles. The van der Waals surface area contributed by atoms with Gasteiger partial charge in [0, 0.05) is 18.5 Å². The number of hydrogen-bond donors (Lipinski definition) is 1. The monoisotopic (exact) mass is 205 g/mol. The molecule has 1 atom stereocenters. The number of terminal acetylenes is 1. The highest BCUT2D eigenvalue weighted by molar-refractivity contribution is 5.13. The van der Waals surface area contributed by atoms with Crippen LogP contribution in [0.5, 0.6) is 5.88 Å². The molecule has 2 N–H and O–H groups in total. The van der Waals surface area contributed by atoms with E-state index in [4.69, 9.17) is 16.9 Å². The van der Waals surface area contributed by atoms with Crippen LogP contribution in [0, 0.1) is 12.3 Å². The van der Waals surface area contributed by atoms with Crippen LogP contribution < -0.4 is 10.5 Å². The second kappa shape index (κ2) is 5.99. The highest BCUT2D eigenvalue weighted by Crippen LogP contribution is 2.15. The Bertz CT molecular complexity index is 329. The molecule has 4 heteroatoms. The Morgan fingerprint density at radius 2 is 2.33 bits per heavy atom. The number of methoxy groups -OCH3 is 1. The van der Waals surface area contributed by atoms with E-state index in [0.29, 0.717) is 5.88 Å². The van der Waals surface area contributed by atoms with Crippen LogP contribution in [0.25, 0.3) is 0 Å². The lowest BCUT2D eigenvalue weighted by Crippen LogP contribution is -2.12. The van der Waals surface area contributed by atoms with E-state index >= 15 is 0 Å². The molecule has 0 amide bonds. The summed E-state index contributed by atoms with van der Waals surface area (Å²) in [6.45, 7) is 0. The second-order valence-corrected chi connectivity index (χ2v) is 3.20. The van der Waals surface area contributed by atoms with Crippen molar-refractivity contribution in [1.82, 2.24) is 10.2 Å². The van der Waals surface area contributed by atoms with E-state index in [1.807, 2.05) is 6.07 Å². The molecule has 15 heavy (non-hydrogen) atoms. The summed E-state index contributed by atoms with van der Waals surface area (Å²) >= 11 is 0. The zero-order valence-electron chi connectivity index (χ0n) is 8.81. The molecular formula is C11H15N3O. The van der Waals surface area contributed by atoms with Crippen molar-refractivity contribution in [3.63, 3.8) is 0 Å². The van der Waals surface area contributed by atoms with Crippen molar-refractivity contribution in [3.05, 3.63) is 17.8 Å². The smallest absolute Gasteiger partial charge is 0.233 e. The summed E-state index contributed by atoms with van der Waals surface area (Å²) < 4.78 is 4.91. The normalized spacial score (nSPS) is 11.8. The number of aromatic nitrogens is 2. The average molecular weight is 205 g/mol. The second-order valence-electron chi connectivity index (χ2n) is 3.20. The Morgan fingerprint density at radius 3 is 2.87 bits per heavy atom. The van der Waals surface area contributed by atoms with Crippen LogP contribution in [0.2, 0.25) is 0 Å². The predicted octanol–water partition coefficient (Wildman–Crippen LogP) is 1.29. The molecule has 1 aromatic rings. The molecule has 0 aliphatic rings. The standard InChI is InChI=1S/C11H15N3O/c1-3-4-5-6-9(12)10-7-8-11(15-2)14-13-10/h1,7-9H,4-6,12H2,2H3. The van der Waals surface area contributed by atoms with Gasteiger partial charge in [0.25, 0.3) is 0 Å². The maximum atomic E-state index is 5.92. The largest absolute Gasteiger partial charge is 0.480 e. The van der Waals surface area contributed by atoms with E-state index in [2.05, 4.69) is 16.1 Å². The molecule has 1 rings (SSSR count). The van der Waals surface area contributed by atoms with Crippen LogP contribution in [-0.4, -0.2) is 17.3 Å². The molecule has 1 unspecified atom stereocenters. The molecule has 0 fully saturated rings. The number of ether oxygens (including phenoxy) is 1. The van der Waals surface area contributed by atoms with Gasteiger partial charge in [0.1, 0.15) is 0 Å². The molecular weight excluding hydrogens is 190 g/mol. The van der Waals surface area contributed by atoms with Gasteiger partial charge in [-0.05, 0) is 18.9 Å². The van der Waals surface area contributed by atoms with Gasteiger partial charge in [0.15, 0.2) is 0 Å². The highest BCUT2D eigenvalue weighted by atomic mass is 16.5. The zero-order chi connectivity index (χ0) is 11.1. The molecule has 0 saturated heterocycles. The van der Waals surface area contributed by atoms with Gasteiger partial charge in [-0.3, -0.25) is 0 Å². The number of nitrogens with two attached hydrogens (primary N) is 1. The average Bonchev–Trinajstić information content (AvgIpc) is 2.29. The van der Waals surface area contributed by atoms with Crippen LogP contribution in [-0.2, 0) is 0 Å². The molecule has 0 aliphatic carbocycles. The van der Waals surface area contributed by atoms with Crippen molar-refractivity contribution >= 4 is 0 Å². The van der Waals surface area contributed by atoms with Gasteiger partial charge >= 0.3 is 0 Å². The van der Waals surface area contributed by atoms with E-state index in [1.165, 1.54) is 0 Å². The molecule has 0 radical (unpaired) electrons. The van der Waals surface area contributed by atoms with E-state index < -0.39 is 0 Å². The molecule has 0 saturated carbocycles. The first-order valence-corrected chi connectivity index (χ1v) is 4.84. The topological polar surface area (TPSA) is 61.0 Å². The minimum absolute atomic E-state index is 0.100. The van der Waals surface area contributed by atoms with Crippen molar-refractivity contribution in [2.45, 2.75) is 25.3 Å². The van der Waals surface area contributed by atoms with Crippen LogP contribution >= 0.6 is 0 Å². The van der Waals surface area contributed by atoms with Crippen molar-refractivity contribution in [1.29, 1.82) is 0 Å². The van der Waals surface area contributed by atoms with Crippen LogP contribution in [0.1, 0.15) is 31.0 Å². The predicted molar refractivity (Wildman–Crippen MR) is 58.2 cm³/mol. The summed E-state index contributed by atoms with van der Waals surface area (Å²) in [5.41, 5.74) is 6.69. The van der Waals surface area contributed by atoms with Crippen LogP contribution in [0.4, 0.5) is 0 Å². The quantitative estimate of drug-likeness (QED) is 0.581. The van der Waals surface area contributed by atoms with Crippen molar-refractivity contribution < 1.29 is 4.74 Å². The van der Waals surface area contributed by atoms with Gasteiger partial charge in [0.05, 0.1) is 12.8 Å². The lowest BCUT2D eigenvalue weighted by Gasteiger charge is -2.09. The summed E-state index contributed by atoms with van der Waals surface area (Å²) in [5, 5.41) is 7.83. The maximum Gasteiger partial charge on any atom is 0.233 e. The molecule has 0 bridgehead atoms. The molecule has 1 heterocycles. The van der Waals surface area contributed by atoms with Crippen molar-refractivity contribution in [2.75, 3.05) is 7.11 Å². The van der Waals surface area contributed by atoms with Gasteiger partial charge in [-0.2, -0.15) is 5.10 Å². The first kappa shape index (κ1) is 11.5. The lowest BCUT2D eigenvalue weighted by molar-refractivity contribution is 0.390. The van der Waals surface area contributed by atoms with E-state index in [0.717, 1.165) is 25.0 Å². The summed E-state index contributed by atoms with van der Waals surface area (Å²) in [5.74, 6) is 3.08. The number of unbranched alkanes of at least 4 members (excludes halogenated alkanes) is 1. The fraction of sp³-hybridized carbons (Fsp3) is 0.455. The molecule has 0 spiro atoms. The minimum atomic E-state index is -0.100. The van der Waals surface area contributed by atoms with Gasteiger partial charge in [-0.25, -0.2) is 0 Å². The minimum Gasteiger partial charge on any atom is -0.480 e. The summed E-state index contributed by atoms with van der Waals surface area (Å²) in [6.07, 6.45) is 7.64. The number of rotatable bonds is 5. The third-order valence-electron chi connectivity index (χ3n) is 2.09. The SMILES string of the molecule is C#CCCCC(N)c1ccc(OC)nn1. The Balaban J connectivity index is 2.51. The number of hydrogen-bond acceptors (Lipinski definition) is 4. The molecule has 0 aromatic carbocycles. The Kier molecular flexibility index (Phi) is 4.58. The third-order valence-corrected chi connectivity index (χ3v) is 2.09. The van der Waals surface area contributed by atoms with E-state index in [-0.39, 0.29) is 6.04 Å². The molecule has 80 valence electrons. The Morgan fingerprint density at radius 1 is 1.53 bits per heavy atom. The van der Waals surface area contributed by atoms with Crippen molar-refractivity contribution in [3.8, 4) is 18.2 Å². The van der Waals surface area contributed by atoms with E-state index in [9.17, 15) is 0 Å². The van der Waals surface area contributed by atoms with Gasteiger partial charge in [-0.15, -0.1) is 17.4 Å². The molecule has 1 aromatic heterocycles. The number of nitrogens with zero attached hydrogens (tertiary/aromatic N) is 2. The van der Waals surface area contributed by atoms with Crippen LogP contribution in [0.3, 0.4) is 0 Å². The zero-order valence-corrected chi connectivity index (χ0v) is 8.81. The van der Waals surface area contributed by atoms with Gasteiger partial charge in [-0.1, -0.05) is 0 Å². The van der Waals surface area contributed by atoms with Gasteiger partial charge in [0.2, 0.25) is 5.88 Å². The van der Waals surface area contributed by atoms with Crippen LogP contribution in [0.15, 0.2) is 12.1 Å². The molecule has 4 nitrogen and oxygen atoms in total. The third kappa shape index (κ3) is 3.56. The highest BCUT2D eigenvalue weighted by Gasteiger charge is 2.07. The maximum absolute atomic E-state index is 5.92. The first-order chi connectivity index (χ1) is 7.27. The Labute approximate surface area is 89.8 Å². The van der Waals surface area contributed by atoms with Gasteiger partial charge < -0.3 is 10.5 Å². The fourth-order valence-electron chi connectivity index (χ4n) is 1.21. The van der Waals surface area contributed by atoms with Crippen molar-refractivity contribution in [2.24, 2.45) is 5.73 Å². The lowest BCUT2D eigenvalue weighted by atomic mass is 10.1.